The lowest BCUT2D eigenvalue weighted by molar-refractivity contribution is -0.141. The van der Waals surface area contributed by atoms with Gasteiger partial charge in [-0.2, -0.15) is 18.3 Å². The largest absolute Gasteiger partial charge is 0.435 e. The summed E-state index contributed by atoms with van der Waals surface area (Å²) in [7, 11) is 1.42. The van der Waals surface area contributed by atoms with E-state index in [0.29, 0.717) is 35.9 Å². The molecule has 3 heterocycles. The van der Waals surface area contributed by atoms with Gasteiger partial charge < -0.3 is 16.0 Å². The predicted octanol–water partition coefficient (Wildman–Crippen LogP) is 4.05. The molecule has 3 aliphatic rings. The van der Waals surface area contributed by atoms with Gasteiger partial charge in [0.1, 0.15) is 17.1 Å². The zero-order chi connectivity index (χ0) is 26.6. The number of hydrogen-bond donors (Lipinski definition) is 3. The predicted molar refractivity (Wildman–Crippen MR) is 133 cm³/mol. The summed E-state index contributed by atoms with van der Waals surface area (Å²) >= 11 is 1.46. The Morgan fingerprint density at radius 1 is 1.18 bits per heavy atom. The molecule has 0 saturated heterocycles. The molecule has 2 saturated carbocycles. The van der Waals surface area contributed by atoms with Gasteiger partial charge in [-0.15, -0.1) is 21.5 Å². The lowest BCUT2D eigenvalue weighted by Gasteiger charge is -2.25. The molecule has 38 heavy (non-hydrogen) atoms. The number of nitrogens with zero attached hydrogens (tertiary/aromatic N) is 5. The van der Waals surface area contributed by atoms with Crippen LogP contribution in [0.5, 0.6) is 0 Å². The number of halogens is 3. The third-order valence-electron chi connectivity index (χ3n) is 7.27. The first-order valence-corrected chi connectivity index (χ1v) is 13.5. The Bertz CT molecular complexity index is 1390. The van der Waals surface area contributed by atoms with Crippen molar-refractivity contribution in [2.75, 3.05) is 17.2 Å². The summed E-state index contributed by atoms with van der Waals surface area (Å²) in [5.41, 5.74) is 0.412. The van der Waals surface area contributed by atoms with Crippen LogP contribution < -0.4 is 16.0 Å². The molecule has 6 rings (SSSR count). The van der Waals surface area contributed by atoms with Crippen molar-refractivity contribution in [3.8, 4) is 0 Å². The van der Waals surface area contributed by atoms with Gasteiger partial charge in [-0.25, -0.2) is 0 Å². The first kappa shape index (κ1) is 24.9. The number of hydrogen-bond acceptors (Lipinski definition) is 7. The lowest BCUT2D eigenvalue weighted by Crippen LogP contribution is -2.28. The van der Waals surface area contributed by atoms with E-state index in [-0.39, 0.29) is 35.5 Å². The maximum Gasteiger partial charge on any atom is 0.435 e. The number of amides is 2. The van der Waals surface area contributed by atoms with Crippen LogP contribution in [0.15, 0.2) is 12.4 Å². The minimum atomic E-state index is -4.56. The molecule has 0 aliphatic heterocycles. The number of alkyl halides is 3. The third-order valence-corrected chi connectivity index (χ3v) is 8.48. The van der Waals surface area contributed by atoms with Crippen molar-refractivity contribution >= 4 is 39.9 Å². The molecule has 0 unspecified atom stereocenters. The summed E-state index contributed by atoms with van der Waals surface area (Å²) in [4.78, 5) is 26.9. The molecule has 1 atom stereocenters. The zero-order valence-electron chi connectivity index (χ0n) is 20.6. The molecule has 3 aromatic heterocycles. The van der Waals surface area contributed by atoms with Crippen LogP contribution in [0.1, 0.15) is 64.6 Å². The summed E-state index contributed by atoms with van der Waals surface area (Å²) in [6.45, 7) is 0.618. The number of carbonyl (C=O) groups is 2. The van der Waals surface area contributed by atoms with Gasteiger partial charge in [0, 0.05) is 36.5 Å². The zero-order valence-corrected chi connectivity index (χ0v) is 21.5. The highest BCUT2D eigenvalue weighted by Crippen LogP contribution is 2.43. The number of aromatic nitrogens is 5. The second-order valence-corrected chi connectivity index (χ2v) is 11.3. The van der Waals surface area contributed by atoms with Gasteiger partial charge in [-0.05, 0) is 56.4 Å². The van der Waals surface area contributed by atoms with Crippen molar-refractivity contribution in [1.82, 2.24) is 29.9 Å². The van der Waals surface area contributed by atoms with Gasteiger partial charge in [0.05, 0.1) is 5.56 Å². The second kappa shape index (κ2) is 9.40. The Balaban J connectivity index is 1.26. The average molecular weight is 549 g/mol. The van der Waals surface area contributed by atoms with E-state index in [0.717, 1.165) is 53.3 Å². The molecule has 0 spiro atoms. The van der Waals surface area contributed by atoms with Gasteiger partial charge in [0.15, 0.2) is 5.69 Å². The number of nitrogens with one attached hydrogen (secondary N) is 3. The SMILES string of the molecule is Cn1nc(C(F)(F)F)cc1Nc1nncn1[C@H]1CCc2sc(NC(=O)C3CC3)c(C(=O)NCC3CC3)c2C1. The fourth-order valence-electron chi connectivity index (χ4n) is 4.77. The Morgan fingerprint density at radius 3 is 2.66 bits per heavy atom. The highest BCUT2D eigenvalue weighted by molar-refractivity contribution is 7.17. The van der Waals surface area contributed by atoms with E-state index in [1.165, 1.54) is 24.7 Å². The van der Waals surface area contributed by atoms with E-state index >= 15 is 0 Å². The topological polar surface area (TPSA) is 119 Å². The molecule has 0 bridgehead atoms. The molecule has 2 fully saturated rings. The standard InChI is InChI=1S/C24H27F3N8O2S/c1-34-18(9-17(33-34)24(25,26)27)30-23-32-29-11-35(23)14-6-7-16-15(8-14)19(21(37)28-10-12-2-3-12)22(38-16)31-20(36)13-4-5-13/h9,11-14H,2-8,10H2,1H3,(H,28,37)(H,30,32)(H,31,36)/t14-/m0/s1. The molecule has 3 aromatic rings. The van der Waals surface area contributed by atoms with Gasteiger partial charge in [0.25, 0.3) is 5.91 Å². The highest BCUT2D eigenvalue weighted by atomic mass is 32.1. The number of carbonyl (C=O) groups excluding carboxylic acids is 2. The van der Waals surface area contributed by atoms with Crippen molar-refractivity contribution in [3.05, 3.63) is 34.1 Å². The van der Waals surface area contributed by atoms with Gasteiger partial charge >= 0.3 is 6.18 Å². The van der Waals surface area contributed by atoms with E-state index in [1.54, 1.807) is 4.57 Å². The van der Waals surface area contributed by atoms with E-state index in [2.05, 4.69) is 31.2 Å². The Kier molecular flexibility index (Phi) is 6.16. The first-order valence-electron chi connectivity index (χ1n) is 12.7. The highest BCUT2D eigenvalue weighted by Gasteiger charge is 2.36. The van der Waals surface area contributed by atoms with Crippen LogP contribution in [0, 0.1) is 11.8 Å². The van der Waals surface area contributed by atoms with Crippen LogP contribution in [0.2, 0.25) is 0 Å². The quantitative estimate of drug-likeness (QED) is 0.391. The van der Waals surface area contributed by atoms with E-state index in [9.17, 15) is 22.8 Å². The van der Waals surface area contributed by atoms with Crippen LogP contribution in [0.3, 0.4) is 0 Å². The Hall–Kier alpha value is -3.42. The number of rotatable bonds is 8. The monoisotopic (exact) mass is 548 g/mol. The fourth-order valence-corrected chi connectivity index (χ4v) is 6.02. The smallest absolute Gasteiger partial charge is 0.352 e. The number of fused-ring (bicyclic) bond motifs is 1. The van der Waals surface area contributed by atoms with E-state index < -0.39 is 11.9 Å². The molecule has 202 valence electrons. The molecule has 10 nitrogen and oxygen atoms in total. The van der Waals surface area contributed by atoms with Crippen molar-refractivity contribution in [2.24, 2.45) is 18.9 Å². The summed E-state index contributed by atoms with van der Waals surface area (Å²) < 4.78 is 42.2. The summed E-state index contributed by atoms with van der Waals surface area (Å²) in [5, 5.41) is 21.2. The molecule has 3 N–H and O–H groups in total. The fraction of sp³-hybridized carbons (Fsp3) is 0.542. The van der Waals surface area contributed by atoms with Crippen LogP contribution in [0.25, 0.3) is 0 Å². The van der Waals surface area contributed by atoms with Gasteiger partial charge in [-0.1, -0.05) is 0 Å². The van der Waals surface area contributed by atoms with Crippen LogP contribution in [-0.4, -0.2) is 42.9 Å². The number of anilines is 3. The van der Waals surface area contributed by atoms with Crippen molar-refractivity contribution < 1.29 is 22.8 Å². The minimum Gasteiger partial charge on any atom is -0.352 e. The summed E-state index contributed by atoms with van der Waals surface area (Å²) in [6.07, 6.45) is 2.84. The molecule has 0 aromatic carbocycles. The second-order valence-electron chi connectivity index (χ2n) is 10.2. The van der Waals surface area contributed by atoms with Crippen molar-refractivity contribution in [3.63, 3.8) is 0 Å². The number of thiophene rings is 1. The molecular weight excluding hydrogens is 521 g/mol. The number of aryl methyl sites for hydroxylation is 2. The summed E-state index contributed by atoms with van der Waals surface area (Å²) in [5.74, 6) is 0.714. The normalized spacial score (nSPS) is 19.2. The average Bonchev–Trinajstić information content (AvgIpc) is 3.78. The van der Waals surface area contributed by atoms with Gasteiger partial charge in [-0.3, -0.25) is 18.8 Å². The van der Waals surface area contributed by atoms with Gasteiger partial charge in [0.2, 0.25) is 11.9 Å². The molecule has 0 radical (unpaired) electrons. The molecular formula is C24H27F3N8O2S. The van der Waals surface area contributed by atoms with E-state index in [1.807, 2.05) is 0 Å². The lowest BCUT2D eigenvalue weighted by atomic mass is 9.91. The molecule has 2 amide bonds. The molecule has 14 heteroatoms. The maximum absolute atomic E-state index is 13.3. The van der Waals surface area contributed by atoms with Crippen molar-refractivity contribution in [2.45, 2.75) is 57.2 Å². The maximum atomic E-state index is 13.3. The Morgan fingerprint density at radius 2 is 1.97 bits per heavy atom. The van der Waals surface area contributed by atoms with Crippen LogP contribution in [-0.2, 0) is 30.9 Å². The Labute approximate surface area is 220 Å². The minimum absolute atomic E-state index is 0.0137. The van der Waals surface area contributed by atoms with Crippen LogP contribution in [0.4, 0.5) is 29.9 Å². The van der Waals surface area contributed by atoms with E-state index in [4.69, 9.17) is 0 Å². The first-order chi connectivity index (χ1) is 18.2. The van der Waals surface area contributed by atoms with Crippen molar-refractivity contribution in [1.29, 1.82) is 0 Å². The summed E-state index contributed by atoms with van der Waals surface area (Å²) in [6, 6.07) is 0.792. The third kappa shape index (κ3) is 5.00. The molecule has 3 aliphatic carbocycles. The van der Waals surface area contributed by atoms with Crippen LogP contribution >= 0.6 is 11.3 Å².